The number of benzene rings is 1. The molecule has 30 heavy (non-hydrogen) atoms. The molecule has 0 unspecified atom stereocenters. The number of hydrogen-bond donors (Lipinski definition) is 1. The van der Waals surface area contributed by atoms with Crippen molar-refractivity contribution in [2.24, 2.45) is 23.2 Å². The maximum Gasteiger partial charge on any atom is 0.310 e. The van der Waals surface area contributed by atoms with Gasteiger partial charge in [0.25, 0.3) is 0 Å². The lowest BCUT2D eigenvalue weighted by molar-refractivity contribution is -0.146. The van der Waals surface area contributed by atoms with Gasteiger partial charge in [-0.05, 0) is 74.1 Å². The molecule has 4 rings (SSSR count). The minimum Gasteiger partial charge on any atom is -0.493 e. The van der Waals surface area contributed by atoms with Crippen LogP contribution in [0.5, 0.6) is 11.5 Å². The second-order valence-corrected chi connectivity index (χ2v) is 9.55. The summed E-state index contributed by atoms with van der Waals surface area (Å²) >= 11 is 0. The molecule has 1 saturated heterocycles. The van der Waals surface area contributed by atoms with E-state index in [0.717, 1.165) is 43.7 Å². The zero-order valence-corrected chi connectivity index (χ0v) is 18.5. The number of carbonyl (C=O) groups excluding carboxylic acids is 1. The van der Waals surface area contributed by atoms with E-state index in [0.29, 0.717) is 18.4 Å². The Balaban J connectivity index is 1.33. The Bertz CT molecular complexity index is 806. The summed E-state index contributed by atoms with van der Waals surface area (Å²) < 4.78 is 16.5. The van der Waals surface area contributed by atoms with Crippen molar-refractivity contribution in [3.63, 3.8) is 0 Å². The molecule has 0 radical (unpaired) electrons. The van der Waals surface area contributed by atoms with E-state index in [1.807, 2.05) is 12.1 Å². The van der Waals surface area contributed by atoms with Crippen molar-refractivity contribution in [2.75, 3.05) is 27.3 Å². The van der Waals surface area contributed by atoms with Gasteiger partial charge < -0.3 is 19.5 Å². The average molecular weight is 414 g/mol. The van der Waals surface area contributed by atoms with Gasteiger partial charge in [0.05, 0.1) is 20.1 Å². The summed E-state index contributed by atoms with van der Waals surface area (Å²) in [6, 6.07) is 6.00. The maximum absolute atomic E-state index is 12.6. The van der Waals surface area contributed by atoms with Gasteiger partial charge in [0.2, 0.25) is 0 Å². The number of rotatable bonds is 7. The van der Waals surface area contributed by atoms with Gasteiger partial charge in [-0.2, -0.15) is 0 Å². The van der Waals surface area contributed by atoms with Crippen LogP contribution in [0.3, 0.4) is 0 Å². The Morgan fingerprint density at radius 1 is 1.27 bits per heavy atom. The molecule has 2 saturated carbocycles. The Kier molecular flexibility index (Phi) is 6.10. The van der Waals surface area contributed by atoms with E-state index in [4.69, 9.17) is 14.2 Å². The Labute approximate surface area is 180 Å². The molecule has 0 amide bonds. The highest BCUT2D eigenvalue weighted by molar-refractivity contribution is 5.75. The molecule has 5 nitrogen and oxygen atoms in total. The molecule has 3 fully saturated rings. The first-order valence-corrected chi connectivity index (χ1v) is 11.2. The predicted octanol–water partition coefficient (Wildman–Crippen LogP) is 4.15. The second-order valence-electron chi connectivity index (χ2n) is 9.55. The first-order chi connectivity index (χ1) is 14.4. The van der Waals surface area contributed by atoms with E-state index in [1.165, 1.54) is 24.0 Å². The molecule has 0 spiro atoms. The number of fused-ring (bicyclic) bond motifs is 2. The van der Waals surface area contributed by atoms with E-state index < -0.39 is 0 Å². The third-order valence-electron chi connectivity index (χ3n) is 7.72. The summed E-state index contributed by atoms with van der Waals surface area (Å²) in [5, 5.41) is 3.50. The molecule has 2 aliphatic carbocycles. The van der Waals surface area contributed by atoms with Crippen molar-refractivity contribution in [3.8, 4) is 11.5 Å². The van der Waals surface area contributed by atoms with Crippen molar-refractivity contribution in [1.82, 2.24) is 5.32 Å². The quantitative estimate of drug-likeness (QED) is 0.413. The number of nitrogens with one attached hydrogen (secondary N) is 1. The number of esters is 1. The van der Waals surface area contributed by atoms with Crippen LogP contribution in [-0.4, -0.2) is 39.4 Å². The third-order valence-corrected chi connectivity index (χ3v) is 7.72. The lowest BCUT2D eigenvalue weighted by Crippen LogP contribution is -2.45. The summed E-state index contributed by atoms with van der Waals surface area (Å²) in [5.74, 6) is 2.28. The molecular weight excluding hydrogens is 378 g/mol. The highest BCUT2D eigenvalue weighted by Crippen LogP contribution is 2.56. The summed E-state index contributed by atoms with van der Waals surface area (Å²) in [6.07, 6.45) is 6.59. The van der Waals surface area contributed by atoms with Crippen LogP contribution in [0.15, 0.2) is 30.4 Å². The minimum absolute atomic E-state index is 0.0172. The predicted molar refractivity (Wildman–Crippen MR) is 117 cm³/mol. The van der Waals surface area contributed by atoms with Crippen LogP contribution in [0, 0.1) is 23.2 Å². The normalized spacial score (nSPS) is 32.9. The standard InChI is InChI=1S/C25H35NO4/c1-16-6-5-10-25(2)14-23-18(13-20(16)25)19(24(27)30-23)15-26-11-9-17-7-8-21(28-3)22(12-17)29-4/h7-8,12,18-20,23,26H,1,5-6,9-11,13-15H2,2-4H3/t18-,19-,20+,23-,25-/m1/s1. The smallest absolute Gasteiger partial charge is 0.310 e. The maximum atomic E-state index is 12.6. The molecular formula is C25H35NO4. The van der Waals surface area contributed by atoms with Gasteiger partial charge >= 0.3 is 5.97 Å². The molecule has 3 aliphatic rings. The van der Waals surface area contributed by atoms with Crippen molar-refractivity contribution in [3.05, 3.63) is 35.9 Å². The molecule has 1 aliphatic heterocycles. The molecule has 1 aromatic rings. The van der Waals surface area contributed by atoms with Gasteiger partial charge in [-0.3, -0.25) is 4.79 Å². The fraction of sp³-hybridized carbons (Fsp3) is 0.640. The fourth-order valence-corrected chi connectivity index (χ4v) is 6.02. The van der Waals surface area contributed by atoms with E-state index in [9.17, 15) is 4.79 Å². The minimum atomic E-state index is -0.0420. The summed E-state index contributed by atoms with van der Waals surface area (Å²) in [6.45, 7) is 8.25. The summed E-state index contributed by atoms with van der Waals surface area (Å²) in [4.78, 5) is 12.6. The number of ether oxygens (including phenoxy) is 3. The van der Waals surface area contributed by atoms with E-state index in [-0.39, 0.29) is 23.4 Å². The molecule has 1 aromatic carbocycles. The monoisotopic (exact) mass is 413 g/mol. The third kappa shape index (κ3) is 3.96. The van der Waals surface area contributed by atoms with Gasteiger partial charge in [-0.1, -0.05) is 25.1 Å². The van der Waals surface area contributed by atoms with E-state index in [1.54, 1.807) is 14.2 Å². The van der Waals surface area contributed by atoms with Crippen molar-refractivity contribution in [2.45, 2.75) is 51.6 Å². The van der Waals surface area contributed by atoms with Gasteiger partial charge in [0.15, 0.2) is 11.5 Å². The van der Waals surface area contributed by atoms with Crippen LogP contribution in [0.4, 0.5) is 0 Å². The number of hydrogen-bond acceptors (Lipinski definition) is 5. The van der Waals surface area contributed by atoms with Crippen LogP contribution < -0.4 is 14.8 Å². The first-order valence-electron chi connectivity index (χ1n) is 11.2. The largest absolute Gasteiger partial charge is 0.493 e. The number of allylic oxidation sites excluding steroid dienone is 1. The fourth-order valence-electron chi connectivity index (χ4n) is 6.02. The van der Waals surface area contributed by atoms with Crippen molar-refractivity contribution >= 4 is 5.97 Å². The molecule has 0 aromatic heterocycles. The van der Waals surface area contributed by atoms with Crippen molar-refractivity contribution < 1.29 is 19.0 Å². The van der Waals surface area contributed by atoms with E-state index in [2.05, 4.69) is 24.9 Å². The zero-order valence-electron chi connectivity index (χ0n) is 18.5. The van der Waals surface area contributed by atoms with Gasteiger partial charge in [0.1, 0.15) is 6.10 Å². The Morgan fingerprint density at radius 2 is 2.07 bits per heavy atom. The zero-order chi connectivity index (χ0) is 21.3. The van der Waals surface area contributed by atoms with Gasteiger partial charge in [0, 0.05) is 12.5 Å². The molecule has 5 atom stereocenters. The van der Waals surface area contributed by atoms with Crippen LogP contribution in [0.25, 0.3) is 0 Å². The highest BCUT2D eigenvalue weighted by atomic mass is 16.6. The van der Waals surface area contributed by atoms with Gasteiger partial charge in [-0.15, -0.1) is 0 Å². The summed E-state index contributed by atoms with van der Waals surface area (Å²) in [5.41, 5.74) is 2.83. The van der Waals surface area contributed by atoms with Crippen molar-refractivity contribution in [1.29, 1.82) is 0 Å². The SMILES string of the molecule is C=C1CCC[C@]2(C)C[C@H]3OC(=O)[C@H](CNCCc4ccc(OC)c(OC)c4)[C@H]3C[C@@H]12. The lowest BCUT2D eigenvalue weighted by atomic mass is 9.55. The molecule has 0 bridgehead atoms. The van der Waals surface area contributed by atoms with E-state index >= 15 is 0 Å². The second kappa shape index (κ2) is 8.62. The number of carbonyl (C=O) groups is 1. The topological polar surface area (TPSA) is 56.8 Å². The molecule has 1 N–H and O–H groups in total. The Hall–Kier alpha value is -2.01. The first kappa shape index (κ1) is 21.2. The van der Waals surface area contributed by atoms with Crippen LogP contribution in [-0.2, 0) is 16.0 Å². The van der Waals surface area contributed by atoms with Crippen LogP contribution in [0.2, 0.25) is 0 Å². The lowest BCUT2D eigenvalue weighted by Gasteiger charge is -2.50. The highest BCUT2D eigenvalue weighted by Gasteiger charge is 2.54. The molecule has 164 valence electrons. The Morgan fingerprint density at radius 3 is 2.83 bits per heavy atom. The van der Waals surface area contributed by atoms with Crippen LogP contribution >= 0.6 is 0 Å². The number of methoxy groups -OCH3 is 2. The van der Waals surface area contributed by atoms with Crippen LogP contribution in [0.1, 0.15) is 44.6 Å². The average Bonchev–Trinajstić information content (AvgIpc) is 3.03. The molecule has 5 heteroatoms. The summed E-state index contributed by atoms with van der Waals surface area (Å²) in [7, 11) is 3.29. The van der Waals surface area contributed by atoms with Gasteiger partial charge in [-0.25, -0.2) is 0 Å². The molecule has 1 heterocycles.